The Hall–Kier alpha value is -1.97. The molecule has 0 amide bonds. The molecule has 1 aliphatic heterocycles. The fraction of sp³-hybridized carbons (Fsp3) is 0.167. The Morgan fingerprint density at radius 1 is 1.09 bits per heavy atom. The van der Waals surface area contributed by atoms with Crippen LogP contribution in [-0.2, 0) is 6.42 Å². The number of halogens is 2. The Morgan fingerprint density at radius 2 is 1.83 bits per heavy atom. The predicted molar refractivity (Wildman–Crippen MR) is 96.0 cm³/mol. The molecule has 0 radical (unpaired) electrons. The number of fused-ring (bicyclic) bond motifs is 1. The highest BCUT2D eigenvalue weighted by Crippen LogP contribution is 2.40. The molecule has 3 nitrogen and oxygen atoms in total. The van der Waals surface area contributed by atoms with E-state index in [1.807, 2.05) is 28.9 Å². The third-order valence-corrected chi connectivity index (χ3v) is 4.73. The number of rotatable bonds is 2. The van der Waals surface area contributed by atoms with Gasteiger partial charge in [-0.15, -0.1) is 0 Å². The van der Waals surface area contributed by atoms with E-state index >= 15 is 0 Å². The highest BCUT2D eigenvalue weighted by molar-refractivity contribution is 6.39. The summed E-state index contributed by atoms with van der Waals surface area (Å²) >= 11 is 12.8. The summed E-state index contributed by atoms with van der Waals surface area (Å²) in [5.41, 5.74) is 5.07. The first-order chi connectivity index (χ1) is 11.1. The van der Waals surface area contributed by atoms with E-state index in [2.05, 4.69) is 30.4 Å². The van der Waals surface area contributed by atoms with Crippen molar-refractivity contribution >= 4 is 29.0 Å². The monoisotopic (exact) mass is 343 g/mol. The molecule has 1 aliphatic rings. The standard InChI is InChI=1S/C18H15Cl2N3/c1-11-4-2-5-12(10-11)23-18-13(8-9-21-18)17(22-23)16-14(19)6-3-7-15(16)20/h2-7,10,21H,8-9H2,1H3. The summed E-state index contributed by atoms with van der Waals surface area (Å²) in [7, 11) is 0. The lowest BCUT2D eigenvalue weighted by Gasteiger charge is -2.07. The van der Waals surface area contributed by atoms with Gasteiger partial charge < -0.3 is 5.32 Å². The van der Waals surface area contributed by atoms with Crippen LogP contribution < -0.4 is 5.32 Å². The molecule has 1 N–H and O–H groups in total. The van der Waals surface area contributed by atoms with E-state index in [0.29, 0.717) is 10.0 Å². The van der Waals surface area contributed by atoms with Crippen molar-refractivity contribution in [1.82, 2.24) is 9.78 Å². The molecule has 1 aromatic heterocycles. The van der Waals surface area contributed by atoms with Crippen molar-refractivity contribution in [3.8, 4) is 16.9 Å². The van der Waals surface area contributed by atoms with E-state index in [1.165, 1.54) is 11.1 Å². The first-order valence-corrected chi connectivity index (χ1v) is 8.28. The van der Waals surface area contributed by atoms with Crippen molar-refractivity contribution in [2.45, 2.75) is 13.3 Å². The van der Waals surface area contributed by atoms with Crippen molar-refractivity contribution in [2.75, 3.05) is 11.9 Å². The molecular weight excluding hydrogens is 329 g/mol. The van der Waals surface area contributed by atoms with Crippen LogP contribution in [0.2, 0.25) is 10.0 Å². The normalized spacial score (nSPS) is 13.0. The fourth-order valence-electron chi connectivity index (χ4n) is 3.05. The third kappa shape index (κ3) is 2.41. The number of hydrogen-bond donors (Lipinski definition) is 1. The van der Waals surface area contributed by atoms with Gasteiger partial charge in [-0.05, 0) is 43.2 Å². The summed E-state index contributed by atoms with van der Waals surface area (Å²) < 4.78 is 1.95. The van der Waals surface area contributed by atoms with Gasteiger partial charge in [0, 0.05) is 17.7 Å². The van der Waals surface area contributed by atoms with Gasteiger partial charge in [0.25, 0.3) is 0 Å². The van der Waals surface area contributed by atoms with E-state index in [0.717, 1.165) is 35.7 Å². The Morgan fingerprint density at radius 3 is 2.57 bits per heavy atom. The molecular formula is C18H15Cl2N3. The lowest BCUT2D eigenvalue weighted by molar-refractivity contribution is 0.881. The molecule has 0 atom stereocenters. The van der Waals surface area contributed by atoms with Crippen LogP contribution in [0.15, 0.2) is 42.5 Å². The maximum atomic E-state index is 6.39. The molecule has 0 bridgehead atoms. The largest absolute Gasteiger partial charge is 0.369 e. The molecule has 2 heterocycles. The van der Waals surface area contributed by atoms with Gasteiger partial charge in [-0.25, -0.2) is 4.68 Å². The Labute approximate surface area is 144 Å². The van der Waals surface area contributed by atoms with Crippen LogP contribution in [0.3, 0.4) is 0 Å². The van der Waals surface area contributed by atoms with E-state index in [-0.39, 0.29) is 0 Å². The van der Waals surface area contributed by atoms with E-state index in [9.17, 15) is 0 Å². The van der Waals surface area contributed by atoms with Gasteiger partial charge in [-0.2, -0.15) is 5.10 Å². The number of hydrogen-bond acceptors (Lipinski definition) is 2. The number of aryl methyl sites for hydroxylation is 1. The summed E-state index contributed by atoms with van der Waals surface area (Å²) in [6, 6.07) is 13.8. The predicted octanol–water partition coefficient (Wildman–Crippen LogP) is 5.12. The number of benzene rings is 2. The SMILES string of the molecule is Cc1cccc(-n2nc(-c3c(Cl)cccc3Cl)c3c2NCC3)c1. The molecule has 2 aromatic carbocycles. The van der Waals surface area contributed by atoms with Crippen LogP contribution in [0, 0.1) is 6.92 Å². The molecule has 5 heteroatoms. The van der Waals surface area contributed by atoms with Crippen LogP contribution in [0.25, 0.3) is 16.9 Å². The molecule has 4 rings (SSSR count). The zero-order valence-corrected chi connectivity index (χ0v) is 14.1. The first-order valence-electron chi connectivity index (χ1n) is 7.52. The Bertz CT molecular complexity index is 879. The quantitative estimate of drug-likeness (QED) is 0.699. The van der Waals surface area contributed by atoms with Crippen LogP contribution >= 0.6 is 23.2 Å². The molecule has 0 saturated heterocycles. The van der Waals surface area contributed by atoms with Crippen LogP contribution in [-0.4, -0.2) is 16.3 Å². The van der Waals surface area contributed by atoms with Crippen molar-refractivity contribution in [1.29, 1.82) is 0 Å². The summed E-state index contributed by atoms with van der Waals surface area (Å²) in [6.07, 6.45) is 0.915. The van der Waals surface area contributed by atoms with Crippen LogP contribution in [0.4, 0.5) is 5.82 Å². The molecule has 23 heavy (non-hydrogen) atoms. The van der Waals surface area contributed by atoms with E-state index in [4.69, 9.17) is 28.3 Å². The highest BCUT2D eigenvalue weighted by atomic mass is 35.5. The fourth-order valence-corrected chi connectivity index (χ4v) is 3.62. The van der Waals surface area contributed by atoms with Crippen molar-refractivity contribution in [3.05, 3.63) is 63.6 Å². The maximum Gasteiger partial charge on any atom is 0.133 e. The van der Waals surface area contributed by atoms with E-state index < -0.39 is 0 Å². The minimum atomic E-state index is 0.626. The van der Waals surface area contributed by atoms with E-state index in [1.54, 1.807) is 0 Å². The molecule has 116 valence electrons. The number of nitrogens with one attached hydrogen (secondary N) is 1. The van der Waals surface area contributed by atoms with Gasteiger partial charge in [0.15, 0.2) is 0 Å². The van der Waals surface area contributed by atoms with Crippen molar-refractivity contribution < 1.29 is 0 Å². The smallest absolute Gasteiger partial charge is 0.133 e. The topological polar surface area (TPSA) is 29.9 Å². The molecule has 0 saturated carbocycles. The molecule has 0 spiro atoms. The minimum absolute atomic E-state index is 0.626. The van der Waals surface area contributed by atoms with Gasteiger partial charge >= 0.3 is 0 Å². The molecule has 0 aliphatic carbocycles. The second-order valence-corrected chi connectivity index (χ2v) is 6.51. The summed E-state index contributed by atoms with van der Waals surface area (Å²) in [5, 5.41) is 9.50. The number of nitrogens with zero attached hydrogens (tertiary/aromatic N) is 2. The Balaban J connectivity index is 1.96. The summed E-state index contributed by atoms with van der Waals surface area (Å²) in [6.45, 7) is 2.97. The second-order valence-electron chi connectivity index (χ2n) is 5.70. The van der Waals surface area contributed by atoms with Gasteiger partial charge in [0.05, 0.1) is 15.7 Å². The van der Waals surface area contributed by atoms with Gasteiger partial charge in [-0.1, -0.05) is 41.4 Å². The maximum absolute atomic E-state index is 6.39. The zero-order chi connectivity index (χ0) is 16.0. The van der Waals surface area contributed by atoms with Gasteiger partial charge in [0.1, 0.15) is 11.5 Å². The second kappa shape index (κ2) is 5.59. The zero-order valence-electron chi connectivity index (χ0n) is 12.6. The summed E-state index contributed by atoms with van der Waals surface area (Å²) in [5.74, 6) is 1.03. The Kier molecular flexibility index (Phi) is 3.55. The van der Waals surface area contributed by atoms with Crippen LogP contribution in [0.1, 0.15) is 11.1 Å². The number of anilines is 1. The minimum Gasteiger partial charge on any atom is -0.369 e. The molecule has 3 aromatic rings. The van der Waals surface area contributed by atoms with Crippen molar-refractivity contribution in [2.24, 2.45) is 0 Å². The number of aromatic nitrogens is 2. The highest BCUT2D eigenvalue weighted by Gasteiger charge is 2.26. The first kappa shape index (κ1) is 14.6. The molecule has 0 fully saturated rings. The van der Waals surface area contributed by atoms with Gasteiger partial charge in [-0.3, -0.25) is 0 Å². The third-order valence-electron chi connectivity index (χ3n) is 4.10. The lowest BCUT2D eigenvalue weighted by Crippen LogP contribution is -2.04. The molecule has 0 unspecified atom stereocenters. The summed E-state index contributed by atoms with van der Waals surface area (Å²) in [4.78, 5) is 0. The average molecular weight is 344 g/mol. The van der Waals surface area contributed by atoms with Crippen molar-refractivity contribution in [3.63, 3.8) is 0 Å². The van der Waals surface area contributed by atoms with Crippen LogP contribution in [0.5, 0.6) is 0 Å². The lowest BCUT2D eigenvalue weighted by atomic mass is 10.1. The van der Waals surface area contributed by atoms with Gasteiger partial charge in [0.2, 0.25) is 0 Å². The average Bonchev–Trinajstić information content (AvgIpc) is 3.10.